The lowest BCUT2D eigenvalue weighted by atomic mass is 10.1. The minimum absolute atomic E-state index is 0.282. The Labute approximate surface area is 247 Å². The Morgan fingerprint density at radius 3 is 2.69 bits per heavy atom. The quantitative estimate of drug-likeness (QED) is 0.163. The van der Waals surface area contributed by atoms with E-state index in [0.29, 0.717) is 48.0 Å². The van der Waals surface area contributed by atoms with Gasteiger partial charge in [0.15, 0.2) is 0 Å². The zero-order valence-corrected chi connectivity index (χ0v) is 23.6. The number of carbonyl (C=O) groups excluding carboxylic acids is 2. The molecule has 212 valence electrons. The fourth-order valence-corrected chi connectivity index (χ4v) is 5.04. The van der Waals surface area contributed by atoms with Crippen LogP contribution in [0.1, 0.15) is 33.6 Å². The van der Waals surface area contributed by atoms with E-state index in [4.69, 9.17) is 16.3 Å². The number of aryl methyl sites for hydroxylation is 2. The molecular weight excluding hydrogens is 554 g/mol. The third kappa shape index (κ3) is 5.95. The second kappa shape index (κ2) is 12.0. The molecule has 0 fully saturated rings. The van der Waals surface area contributed by atoms with E-state index in [1.165, 1.54) is 0 Å². The van der Waals surface area contributed by atoms with Gasteiger partial charge >= 0.3 is 0 Å². The summed E-state index contributed by atoms with van der Waals surface area (Å²) in [5.41, 5.74) is 12.1. The fourth-order valence-electron chi connectivity index (χ4n) is 4.87. The summed E-state index contributed by atoms with van der Waals surface area (Å²) < 4.78 is 7.61. The number of aromatic nitrogens is 4. The van der Waals surface area contributed by atoms with E-state index in [1.54, 1.807) is 21.8 Å². The first-order valence-electron chi connectivity index (χ1n) is 13.6. The Kier molecular flexibility index (Phi) is 7.81. The van der Waals surface area contributed by atoms with Crippen molar-refractivity contribution in [3.05, 3.63) is 107 Å². The van der Waals surface area contributed by atoms with Crippen molar-refractivity contribution in [2.75, 3.05) is 16.9 Å². The summed E-state index contributed by atoms with van der Waals surface area (Å²) in [7, 11) is 0. The van der Waals surface area contributed by atoms with Crippen LogP contribution in [0.15, 0.2) is 79.1 Å². The van der Waals surface area contributed by atoms with Gasteiger partial charge in [-0.3, -0.25) is 19.3 Å². The number of pyridine rings is 1. The van der Waals surface area contributed by atoms with E-state index in [-0.39, 0.29) is 6.61 Å². The zero-order chi connectivity index (χ0) is 29.1. The number of hydrogen-bond donors (Lipinski definition) is 2. The highest BCUT2D eigenvalue weighted by Crippen LogP contribution is 2.30. The molecule has 0 spiro atoms. The van der Waals surface area contributed by atoms with Crippen LogP contribution in [0.4, 0.5) is 11.4 Å². The number of Topliss-reactive ketones (excluding diaryl/α,β-unsaturated/α-hetero) is 1. The number of amides is 1. The topological polar surface area (TPSA) is 114 Å². The van der Waals surface area contributed by atoms with Gasteiger partial charge in [-0.1, -0.05) is 40.6 Å². The van der Waals surface area contributed by atoms with Crippen LogP contribution in [0.5, 0.6) is 5.75 Å². The van der Waals surface area contributed by atoms with Crippen LogP contribution in [-0.4, -0.2) is 38.2 Å². The van der Waals surface area contributed by atoms with Crippen molar-refractivity contribution in [3.8, 4) is 5.75 Å². The molecule has 0 saturated carbocycles. The first-order chi connectivity index (χ1) is 20.4. The summed E-state index contributed by atoms with van der Waals surface area (Å²) in [6.45, 7) is 3.78. The summed E-state index contributed by atoms with van der Waals surface area (Å²) in [5, 5.41) is 9.99. The van der Waals surface area contributed by atoms with Crippen molar-refractivity contribution in [1.82, 2.24) is 25.4 Å². The van der Waals surface area contributed by atoms with Crippen LogP contribution in [0.25, 0.3) is 10.9 Å². The predicted molar refractivity (Wildman–Crippen MR) is 160 cm³/mol. The second-order valence-corrected chi connectivity index (χ2v) is 10.5. The smallest absolute Gasteiger partial charge is 0.299 e. The minimum Gasteiger partial charge on any atom is -0.487 e. The average molecular weight is 582 g/mol. The Balaban J connectivity index is 0.951. The molecule has 0 atom stereocenters. The van der Waals surface area contributed by atoms with Crippen molar-refractivity contribution in [2.45, 2.75) is 33.0 Å². The first-order valence-corrected chi connectivity index (χ1v) is 13.9. The van der Waals surface area contributed by atoms with E-state index < -0.39 is 11.7 Å². The maximum atomic E-state index is 12.4. The van der Waals surface area contributed by atoms with E-state index >= 15 is 0 Å². The van der Waals surface area contributed by atoms with Gasteiger partial charge in [-0.25, -0.2) is 5.43 Å². The number of nitrogens with one attached hydrogen (secondary N) is 2. The van der Waals surface area contributed by atoms with Gasteiger partial charge in [-0.2, -0.15) is 0 Å². The third-order valence-electron chi connectivity index (χ3n) is 7.01. The van der Waals surface area contributed by atoms with Gasteiger partial charge in [-0.05, 0) is 67.4 Å². The van der Waals surface area contributed by atoms with Gasteiger partial charge in [-0.15, -0.1) is 5.10 Å². The largest absolute Gasteiger partial charge is 0.487 e. The number of ether oxygens (including phenoxy) is 1. The highest BCUT2D eigenvalue weighted by Gasteiger charge is 2.35. The highest BCUT2D eigenvalue weighted by atomic mass is 35.5. The van der Waals surface area contributed by atoms with E-state index in [1.807, 2.05) is 73.8 Å². The fraction of sp³-hybridized carbons (Fsp3) is 0.194. The van der Waals surface area contributed by atoms with E-state index in [0.717, 1.165) is 33.5 Å². The molecule has 42 heavy (non-hydrogen) atoms. The molecule has 5 aromatic rings. The van der Waals surface area contributed by atoms with Crippen LogP contribution >= 0.6 is 11.6 Å². The summed E-state index contributed by atoms with van der Waals surface area (Å²) in [6, 6.07) is 20.9. The number of ketones is 1. The predicted octanol–water partition coefficient (Wildman–Crippen LogP) is 5.10. The normalized spacial score (nSPS) is 12.7. The number of anilines is 2. The molecule has 1 aliphatic heterocycles. The highest BCUT2D eigenvalue weighted by molar-refractivity contribution is 6.52. The SMILES string of the molecule is Cc1ccc2c(c1)C(=O)C(=O)N2CCCn1cc(COc2ccc(CNNc3ccnc4cc(Cl)ccc34)cc2)nn1. The van der Waals surface area contributed by atoms with Crippen LogP contribution in [0.3, 0.4) is 0 Å². The van der Waals surface area contributed by atoms with Crippen molar-refractivity contribution in [1.29, 1.82) is 0 Å². The Bertz CT molecular complexity index is 1770. The molecule has 3 heterocycles. The molecule has 3 aromatic carbocycles. The molecule has 0 unspecified atom stereocenters. The molecule has 1 amide bonds. The number of hydrazine groups is 1. The standard InChI is InChI=1S/C31H28ClN7O3/c1-20-3-10-29-26(15-20)30(40)31(41)39(29)14-2-13-38-18-23(35-37-38)19-42-24-7-4-21(5-8-24)17-34-36-27-11-12-33-28-16-22(32)6-9-25(27)28/h3-12,15-16,18,34H,2,13-14,17,19H2,1H3,(H,33,36). The van der Waals surface area contributed by atoms with Crippen molar-refractivity contribution in [2.24, 2.45) is 0 Å². The lowest BCUT2D eigenvalue weighted by molar-refractivity contribution is -0.114. The summed E-state index contributed by atoms with van der Waals surface area (Å²) in [4.78, 5) is 30.7. The lowest BCUT2D eigenvalue weighted by Gasteiger charge is -2.16. The molecule has 0 saturated heterocycles. The minimum atomic E-state index is -0.477. The molecule has 0 radical (unpaired) electrons. The summed E-state index contributed by atoms with van der Waals surface area (Å²) >= 11 is 6.08. The third-order valence-corrected chi connectivity index (χ3v) is 7.25. The average Bonchev–Trinajstić information content (AvgIpc) is 3.54. The number of rotatable bonds is 11. The van der Waals surface area contributed by atoms with Crippen molar-refractivity contribution < 1.29 is 14.3 Å². The second-order valence-electron chi connectivity index (χ2n) is 10.1. The molecule has 11 heteroatoms. The zero-order valence-electron chi connectivity index (χ0n) is 22.9. The number of halogens is 1. The summed E-state index contributed by atoms with van der Waals surface area (Å²) in [6.07, 6.45) is 4.20. The molecule has 1 aliphatic rings. The number of benzene rings is 3. The van der Waals surface area contributed by atoms with Gasteiger partial charge in [0, 0.05) is 36.2 Å². The van der Waals surface area contributed by atoms with Crippen LogP contribution in [-0.2, 0) is 24.5 Å². The summed E-state index contributed by atoms with van der Waals surface area (Å²) in [5.74, 6) is -0.196. The van der Waals surface area contributed by atoms with E-state index in [9.17, 15) is 9.59 Å². The lowest BCUT2D eigenvalue weighted by Crippen LogP contribution is -2.31. The van der Waals surface area contributed by atoms with Gasteiger partial charge in [0.05, 0.1) is 28.7 Å². The van der Waals surface area contributed by atoms with Gasteiger partial charge < -0.3 is 15.1 Å². The van der Waals surface area contributed by atoms with Crippen LogP contribution < -0.4 is 20.5 Å². The number of carbonyl (C=O) groups is 2. The maximum Gasteiger partial charge on any atom is 0.299 e. The number of hydrogen-bond acceptors (Lipinski definition) is 8. The van der Waals surface area contributed by atoms with Crippen LogP contribution in [0.2, 0.25) is 5.02 Å². The number of fused-ring (bicyclic) bond motifs is 2. The monoisotopic (exact) mass is 581 g/mol. The molecule has 10 nitrogen and oxygen atoms in total. The number of nitrogens with zero attached hydrogens (tertiary/aromatic N) is 5. The van der Waals surface area contributed by atoms with E-state index in [2.05, 4.69) is 26.1 Å². The van der Waals surface area contributed by atoms with Crippen molar-refractivity contribution in [3.63, 3.8) is 0 Å². The van der Waals surface area contributed by atoms with Gasteiger partial charge in [0.1, 0.15) is 18.1 Å². The van der Waals surface area contributed by atoms with Gasteiger partial charge in [0.25, 0.3) is 11.7 Å². The Morgan fingerprint density at radius 1 is 0.976 bits per heavy atom. The molecule has 6 rings (SSSR count). The Hall–Kier alpha value is -4.80. The first kappa shape index (κ1) is 27.4. The molecule has 0 aliphatic carbocycles. The molecular formula is C31H28ClN7O3. The molecule has 0 bridgehead atoms. The Morgan fingerprint density at radius 2 is 1.83 bits per heavy atom. The molecule has 2 N–H and O–H groups in total. The van der Waals surface area contributed by atoms with Crippen molar-refractivity contribution >= 4 is 45.6 Å². The molecule has 2 aromatic heterocycles. The van der Waals surface area contributed by atoms with Gasteiger partial charge in [0.2, 0.25) is 0 Å². The van der Waals surface area contributed by atoms with Crippen LogP contribution in [0, 0.1) is 6.92 Å². The maximum absolute atomic E-state index is 12.4.